The second-order valence-corrected chi connectivity index (χ2v) is 4.55. The Labute approximate surface area is 109 Å². The number of hydrogen-bond donors (Lipinski definition) is 2. The highest BCUT2D eigenvalue weighted by Gasteiger charge is 2.11. The van der Waals surface area contributed by atoms with Crippen molar-refractivity contribution in [1.29, 1.82) is 5.26 Å². The first-order valence-corrected chi connectivity index (χ1v) is 5.90. The van der Waals surface area contributed by atoms with E-state index in [0.717, 1.165) is 5.56 Å². The summed E-state index contributed by atoms with van der Waals surface area (Å²) in [6, 6.07) is 9.23. The molecule has 96 valence electrons. The molecule has 1 aromatic heterocycles. The molecule has 0 saturated heterocycles. The molecule has 1 aromatic carbocycles. The standard InChI is InChI=1S/C14H13N3O2/c1-8(2)9-3-5-10(6-4-9)12-11(7-15)13(18)17-14(19)16-12/h3-6,8H,1-2H3,(H2,16,17,18,19). The molecule has 2 N–H and O–H groups in total. The van der Waals surface area contributed by atoms with Crippen molar-refractivity contribution in [3.05, 3.63) is 56.2 Å². The van der Waals surface area contributed by atoms with Gasteiger partial charge in [0.2, 0.25) is 0 Å². The highest BCUT2D eigenvalue weighted by atomic mass is 16.2. The molecule has 5 heteroatoms. The highest BCUT2D eigenvalue weighted by Crippen LogP contribution is 2.21. The van der Waals surface area contributed by atoms with Gasteiger partial charge in [-0.15, -0.1) is 0 Å². The molecule has 0 radical (unpaired) electrons. The van der Waals surface area contributed by atoms with Crippen LogP contribution in [0.4, 0.5) is 0 Å². The van der Waals surface area contributed by atoms with Gasteiger partial charge in [-0.3, -0.25) is 9.78 Å². The fraction of sp³-hybridized carbons (Fsp3) is 0.214. The zero-order valence-electron chi connectivity index (χ0n) is 10.7. The number of benzene rings is 1. The maximum atomic E-state index is 11.5. The van der Waals surface area contributed by atoms with Crippen molar-refractivity contribution < 1.29 is 0 Å². The van der Waals surface area contributed by atoms with Gasteiger partial charge >= 0.3 is 5.69 Å². The SMILES string of the molecule is CC(C)c1ccc(-c2[nH]c(=O)[nH]c(=O)c2C#N)cc1. The van der Waals surface area contributed by atoms with Gasteiger partial charge in [0.05, 0.1) is 5.69 Å². The summed E-state index contributed by atoms with van der Waals surface area (Å²) in [4.78, 5) is 27.4. The summed E-state index contributed by atoms with van der Waals surface area (Å²) in [6.45, 7) is 4.15. The number of H-pyrrole nitrogens is 2. The van der Waals surface area contributed by atoms with Gasteiger partial charge in [-0.1, -0.05) is 38.1 Å². The Morgan fingerprint density at radius 1 is 1.11 bits per heavy atom. The molecular weight excluding hydrogens is 242 g/mol. The van der Waals surface area contributed by atoms with Crippen LogP contribution in [0, 0.1) is 11.3 Å². The molecule has 0 aliphatic rings. The summed E-state index contributed by atoms with van der Waals surface area (Å²) in [5.41, 5.74) is 0.670. The molecule has 2 rings (SSSR count). The van der Waals surface area contributed by atoms with Crippen molar-refractivity contribution in [3.8, 4) is 17.3 Å². The van der Waals surface area contributed by atoms with Crippen LogP contribution in [0.25, 0.3) is 11.3 Å². The van der Waals surface area contributed by atoms with Crippen LogP contribution in [-0.2, 0) is 0 Å². The lowest BCUT2D eigenvalue weighted by molar-refractivity contribution is 0.867. The molecule has 0 aliphatic heterocycles. The zero-order valence-corrected chi connectivity index (χ0v) is 10.7. The van der Waals surface area contributed by atoms with Crippen LogP contribution in [0.1, 0.15) is 30.9 Å². The average Bonchev–Trinajstić information content (AvgIpc) is 2.38. The maximum Gasteiger partial charge on any atom is 0.326 e. The van der Waals surface area contributed by atoms with Crippen molar-refractivity contribution in [1.82, 2.24) is 9.97 Å². The van der Waals surface area contributed by atoms with Gasteiger partial charge in [-0.2, -0.15) is 5.26 Å². The number of nitrogens with one attached hydrogen (secondary N) is 2. The number of hydrogen-bond acceptors (Lipinski definition) is 3. The Hall–Kier alpha value is -2.61. The van der Waals surface area contributed by atoms with Crippen molar-refractivity contribution in [2.45, 2.75) is 19.8 Å². The van der Waals surface area contributed by atoms with Crippen LogP contribution in [0.3, 0.4) is 0 Å². The summed E-state index contributed by atoms with van der Waals surface area (Å²) in [6.07, 6.45) is 0. The Balaban J connectivity index is 2.62. The second kappa shape index (κ2) is 4.94. The minimum absolute atomic E-state index is 0.0862. The molecule has 0 aliphatic carbocycles. The molecule has 2 aromatic rings. The minimum Gasteiger partial charge on any atom is -0.306 e. The molecule has 5 nitrogen and oxygen atoms in total. The first kappa shape index (κ1) is 12.8. The van der Waals surface area contributed by atoms with E-state index in [1.54, 1.807) is 12.1 Å². The van der Waals surface area contributed by atoms with Gasteiger partial charge in [-0.05, 0) is 17.0 Å². The molecular formula is C14H13N3O2. The fourth-order valence-electron chi connectivity index (χ4n) is 1.84. The summed E-state index contributed by atoms with van der Waals surface area (Å²) >= 11 is 0. The van der Waals surface area contributed by atoms with E-state index in [-0.39, 0.29) is 11.3 Å². The predicted molar refractivity (Wildman–Crippen MR) is 71.9 cm³/mol. The normalized spacial score (nSPS) is 10.4. The summed E-state index contributed by atoms with van der Waals surface area (Å²) in [5.74, 6) is 0.391. The van der Waals surface area contributed by atoms with E-state index in [1.165, 1.54) is 0 Å². The van der Waals surface area contributed by atoms with Gasteiger partial charge in [-0.25, -0.2) is 4.79 Å². The zero-order chi connectivity index (χ0) is 14.0. The van der Waals surface area contributed by atoms with E-state index in [0.29, 0.717) is 11.5 Å². The lowest BCUT2D eigenvalue weighted by Gasteiger charge is -2.07. The minimum atomic E-state index is -0.672. The predicted octanol–water partition coefficient (Wildman–Crippen LogP) is 1.73. The topological polar surface area (TPSA) is 89.5 Å². The van der Waals surface area contributed by atoms with E-state index in [9.17, 15) is 9.59 Å². The van der Waals surface area contributed by atoms with E-state index < -0.39 is 11.2 Å². The van der Waals surface area contributed by atoms with Crippen LogP contribution in [0.5, 0.6) is 0 Å². The van der Waals surface area contributed by atoms with E-state index in [2.05, 4.69) is 18.8 Å². The molecule has 1 heterocycles. The Morgan fingerprint density at radius 3 is 2.26 bits per heavy atom. The first-order chi connectivity index (χ1) is 9.02. The van der Waals surface area contributed by atoms with Crippen LogP contribution >= 0.6 is 0 Å². The number of aromatic amines is 2. The first-order valence-electron chi connectivity index (χ1n) is 5.90. The Kier molecular flexibility index (Phi) is 3.34. The van der Waals surface area contributed by atoms with Gasteiger partial charge in [0, 0.05) is 0 Å². The monoisotopic (exact) mass is 255 g/mol. The summed E-state index contributed by atoms with van der Waals surface area (Å²) in [5, 5.41) is 9.00. The van der Waals surface area contributed by atoms with Gasteiger partial charge in [0.25, 0.3) is 5.56 Å². The van der Waals surface area contributed by atoms with Crippen molar-refractivity contribution in [2.24, 2.45) is 0 Å². The van der Waals surface area contributed by atoms with E-state index >= 15 is 0 Å². The third-order valence-corrected chi connectivity index (χ3v) is 2.92. The van der Waals surface area contributed by atoms with Crippen molar-refractivity contribution in [3.63, 3.8) is 0 Å². The molecule has 0 spiro atoms. The third kappa shape index (κ3) is 2.47. The second-order valence-electron chi connectivity index (χ2n) is 4.55. The highest BCUT2D eigenvalue weighted by molar-refractivity contribution is 5.65. The molecule has 0 fully saturated rings. The molecule has 0 saturated carbocycles. The van der Waals surface area contributed by atoms with Gasteiger partial charge < -0.3 is 4.98 Å². The van der Waals surface area contributed by atoms with Crippen LogP contribution in [0.2, 0.25) is 0 Å². The number of nitrogens with zero attached hydrogens (tertiary/aromatic N) is 1. The van der Waals surface area contributed by atoms with Crippen LogP contribution < -0.4 is 11.2 Å². The lowest BCUT2D eigenvalue weighted by Crippen LogP contribution is -2.25. The fourth-order valence-corrected chi connectivity index (χ4v) is 1.84. The Morgan fingerprint density at radius 2 is 1.74 bits per heavy atom. The van der Waals surface area contributed by atoms with Crippen molar-refractivity contribution >= 4 is 0 Å². The smallest absolute Gasteiger partial charge is 0.306 e. The number of nitriles is 1. The van der Waals surface area contributed by atoms with Gasteiger partial charge in [0.15, 0.2) is 0 Å². The number of rotatable bonds is 2. The molecule has 0 amide bonds. The lowest BCUT2D eigenvalue weighted by atomic mass is 10.00. The average molecular weight is 255 g/mol. The Bertz CT molecular complexity index is 746. The molecule has 0 bridgehead atoms. The van der Waals surface area contributed by atoms with Gasteiger partial charge in [0.1, 0.15) is 11.6 Å². The third-order valence-electron chi connectivity index (χ3n) is 2.92. The van der Waals surface area contributed by atoms with Crippen LogP contribution in [0.15, 0.2) is 33.9 Å². The quantitative estimate of drug-likeness (QED) is 0.856. The maximum absolute atomic E-state index is 11.5. The summed E-state index contributed by atoms with van der Waals surface area (Å²) in [7, 11) is 0. The number of aromatic nitrogens is 2. The molecule has 19 heavy (non-hydrogen) atoms. The molecule has 0 unspecified atom stereocenters. The van der Waals surface area contributed by atoms with Crippen molar-refractivity contribution in [2.75, 3.05) is 0 Å². The largest absolute Gasteiger partial charge is 0.326 e. The van der Waals surface area contributed by atoms with E-state index in [4.69, 9.17) is 5.26 Å². The van der Waals surface area contributed by atoms with E-state index in [1.807, 2.05) is 23.2 Å². The molecule has 0 atom stereocenters. The van der Waals surface area contributed by atoms with Crippen LogP contribution in [-0.4, -0.2) is 9.97 Å². The summed E-state index contributed by atoms with van der Waals surface area (Å²) < 4.78 is 0.